The van der Waals surface area contributed by atoms with Crippen LogP contribution in [0.15, 0.2) is 36.4 Å². The molecule has 1 aliphatic heterocycles. The molecule has 1 atom stereocenters. The number of carbonyl (C=O) groups is 1. The number of amides is 1. The molecule has 1 aliphatic rings. The van der Waals surface area contributed by atoms with Crippen LogP contribution in [0.5, 0.6) is 5.75 Å². The molecule has 2 aromatic rings. The summed E-state index contributed by atoms with van der Waals surface area (Å²) in [7, 11) is 1.60. The third kappa shape index (κ3) is 3.12. The molecular formula is C19H21ClN2O2. The molecule has 2 N–H and O–H groups in total. The number of ether oxygens (including phenoxy) is 1. The number of anilines is 1. The van der Waals surface area contributed by atoms with Crippen LogP contribution in [-0.2, 0) is 11.2 Å². The quantitative estimate of drug-likeness (QED) is 0.921. The van der Waals surface area contributed by atoms with Crippen LogP contribution in [0.3, 0.4) is 0 Å². The zero-order valence-electron chi connectivity index (χ0n) is 13.9. The number of benzene rings is 2. The molecular weight excluding hydrogens is 324 g/mol. The average Bonchev–Trinajstić information content (AvgIpc) is 2.98. The first kappa shape index (κ1) is 16.8. The van der Waals surface area contributed by atoms with Gasteiger partial charge < -0.3 is 15.4 Å². The van der Waals surface area contributed by atoms with Crippen molar-refractivity contribution in [2.75, 3.05) is 18.6 Å². The van der Waals surface area contributed by atoms with E-state index in [1.807, 2.05) is 36.1 Å². The largest absolute Gasteiger partial charge is 0.497 e. The molecule has 3 rings (SSSR count). The van der Waals surface area contributed by atoms with Crippen LogP contribution in [0.25, 0.3) is 0 Å². The number of carbonyl (C=O) groups excluding carboxylic acids is 1. The molecule has 0 bridgehead atoms. The number of rotatable bonds is 4. The SMILES string of the molecule is COc1cc(C)c(C(N)CC(=O)N2CCc3ccccc32)c(Cl)c1. The topological polar surface area (TPSA) is 55.6 Å². The Kier molecular flexibility index (Phi) is 4.78. The molecule has 0 spiro atoms. The Morgan fingerprint density at radius 2 is 2.12 bits per heavy atom. The van der Waals surface area contributed by atoms with E-state index in [0.717, 1.165) is 23.2 Å². The van der Waals surface area contributed by atoms with E-state index >= 15 is 0 Å². The second kappa shape index (κ2) is 6.83. The predicted molar refractivity (Wildman–Crippen MR) is 96.8 cm³/mol. The monoisotopic (exact) mass is 344 g/mol. The van der Waals surface area contributed by atoms with Crippen molar-refractivity contribution in [3.05, 3.63) is 58.1 Å². The summed E-state index contributed by atoms with van der Waals surface area (Å²) in [6, 6.07) is 11.2. The highest BCUT2D eigenvalue weighted by atomic mass is 35.5. The number of para-hydroxylation sites is 1. The van der Waals surface area contributed by atoms with Crippen LogP contribution >= 0.6 is 11.6 Å². The van der Waals surface area contributed by atoms with Crippen molar-refractivity contribution in [1.29, 1.82) is 0 Å². The standard InChI is InChI=1S/C19H21ClN2O2/c1-12-9-14(24-2)10-15(20)19(12)16(21)11-18(23)22-8-7-13-5-3-4-6-17(13)22/h3-6,9-10,16H,7-8,11,21H2,1-2H3. The predicted octanol–water partition coefficient (Wildman–Crippen LogP) is 3.64. The zero-order valence-corrected chi connectivity index (χ0v) is 14.6. The second-order valence-corrected chi connectivity index (χ2v) is 6.48. The van der Waals surface area contributed by atoms with Crippen LogP contribution < -0.4 is 15.4 Å². The van der Waals surface area contributed by atoms with Gasteiger partial charge in [-0.2, -0.15) is 0 Å². The second-order valence-electron chi connectivity index (χ2n) is 6.07. The highest BCUT2D eigenvalue weighted by molar-refractivity contribution is 6.31. The van der Waals surface area contributed by atoms with Gasteiger partial charge in [0, 0.05) is 29.7 Å². The number of nitrogens with zero attached hydrogens (tertiary/aromatic N) is 1. The first-order valence-corrected chi connectivity index (χ1v) is 8.37. The number of hydrogen-bond acceptors (Lipinski definition) is 3. The third-order valence-corrected chi connectivity index (χ3v) is 4.81. The lowest BCUT2D eigenvalue weighted by atomic mass is 9.98. The van der Waals surface area contributed by atoms with Gasteiger partial charge in [0.2, 0.25) is 5.91 Å². The fourth-order valence-corrected chi connectivity index (χ4v) is 3.71. The first-order chi connectivity index (χ1) is 11.5. The zero-order chi connectivity index (χ0) is 17.3. The fraction of sp³-hybridized carbons (Fsp3) is 0.316. The minimum Gasteiger partial charge on any atom is -0.497 e. The molecule has 0 fully saturated rings. The Balaban J connectivity index is 1.78. The highest BCUT2D eigenvalue weighted by Gasteiger charge is 2.26. The van der Waals surface area contributed by atoms with Gasteiger partial charge in [-0.3, -0.25) is 4.79 Å². The van der Waals surface area contributed by atoms with Gasteiger partial charge in [-0.25, -0.2) is 0 Å². The lowest BCUT2D eigenvalue weighted by Crippen LogP contribution is -2.32. The molecule has 24 heavy (non-hydrogen) atoms. The van der Waals surface area contributed by atoms with Crippen molar-refractivity contribution in [2.45, 2.75) is 25.8 Å². The fourth-order valence-electron chi connectivity index (χ4n) is 3.31. The van der Waals surface area contributed by atoms with Crippen molar-refractivity contribution >= 4 is 23.2 Å². The Morgan fingerprint density at radius 3 is 2.83 bits per heavy atom. The van der Waals surface area contributed by atoms with Crippen molar-refractivity contribution in [2.24, 2.45) is 5.73 Å². The summed E-state index contributed by atoms with van der Waals surface area (Å²) in [5.74, 6) is 0.715. The molecule has 1 heterocycles. The van der Waals surface area contributed by atoms with Gasteiger partial charge in [0.15, 0.2) is 0 Å². The maximum absolute atomic E-state index is 12.7. The molecule has 1 unspecified atom stereocenters. The lowest BCUT2D eigenvalue weighted by molar-refractivity contribution is -0.118. The number of fused-ring (bicyclic) bond motifs is 1. The third-order valence-electron chi connectivity index (χ3n) is 4.50. The van der Waals surface area contributed by atoms with Gasteiger partial charge in [0.05, 0.1) is 7.11 Å². The summed E-state index contributed by atoms with van der Waals surface area (Å²) in [5, 5.41) is 0.536. The van der Waals surface area contributed by atoms with Crippen LogP contribution in [0.1, 0.15) is 29.2 Å². The van der Waals surface area contributed by atoms with E-state index < -0.39 is 6.04 Å². The van der Waals surface area contributed by atoms with Crippen molar-refractivity contribution in [1.82, 2.24) is 0 Å². The maximum Gasteiger partial charge on any atom is 0.228 e. The summed E-state index contributed by atoms with van der Waals surface area (Å²) >= 11 is 6.35. The van der Waals surface area contributed by atoms with Gasteiger partial charge in [0.1, 0.15) is 5.75 Å². The number of halogens is 1. The molecule has 0 radical (unpaired) electrons. The van der Waals surface area contributed by atoms with Gasteiger partial charge in [-0.1, -0.05) is 29.8 Å². The van der Waals surface area contributed by atoms with Gasteiger partial charge in [-0.05, 0) is 48.2 Å². The summed E-state index contributed by atoms with van der Waals surface area (Å²) in [6.45, 7) is 2.64. The average molecular weight is 345 g/mol. The Morgan fingerprint density at radius 1 is 1.38 bits per heavy atom. The Hall–Kier alpha value is -2.04. The minimum atomic E-state index is -0.441. The van der Waals surface area contributed by atoms with Gasteiger partial charge in [0.25, 0.3) is 0 Å². The molecule has 0 saturated heterocycles. The Bertz CT molecular complexity index is 753. The van der Waals surface area contributed by atoms with E-state index in [0.29, 0.717) is 17.3 Å². The van der Waals surface area contributed by atoms with Gasteiger partial charge >= 0.3 is 0 Å². The molecule has 126 valence electrons. The molecule has 0 saturated carbocycles. The van der Waals surface area contributed by atoms with Crippen LogP contribution in [0.2, 0.25) is 5.02 Å². The summed E-state index contributed by atoms with van der Waals surface area (Å²) < 4.78 is 5.21. The maximum atomic E-state index is 12.7. The van der Waals surface area contributed by atoms with E-state index in [4.69, 9.17) is 22.1 Å². The number of nitrogens with two attached hydrogens (primary N) is 1. The number of aryl methyl sites for hydroxylation is 1. The summed E-state index contributed by atoms with van der Waals surface area (Å²) in [5.41, 5.74) is 10.2. The first-order valence-electron chi connectivity index (χ1n) is 7.99. The summed E-state index contributed by atoms with van der Waals surface area (Å²) in [6.07, 6.45) is 1.11. The van der Waals surface area contributed by atoms with Crippen molar-refractivity contribution in [3.8, 4) is 5.75 Å². The number of hydrogen-bond donors (Lipinski definition) is 1. The summed E-state index contributed by atoms with van der Waals surface area (Å²) in [4.78, 5) is 14.5. The lowest BCUT2D eigenvalue weighted by Gasteiger charge is -2.22. The van der Waals surface area contributed by atoms with E-state index in [2.05, 4.69) is 6.07 Å². The highest BCUT2D eigenvalue weighted by Crippen LogP contribution is 2.33. The van der Waals surface area contributed by atoms with E-state index in [9.17, 15) is 4.79 Å². The van der Waals surface area contributed by atoms with Crippen molar-refractivity contribution in [3.63, 3.8) is 0 Å². The molecule has 4 nitrogen and oxygen atoms in total. The van der Waals surface area contributed by atoms with Crippen LogP contribution in [0, 0.1) is 6.92 Å². The minimum absolute atomic E-state index is 0.0266. The van der Waals surface area contributed by atoms with Crippen molar-refractivity contribution < 1.29 is 9.53 Å². The molecule has 0 aromatic heterocycles. The molecule has 5 heteroatoms. The van der Waals surface area contributed by atoms with E-state index in [1.165, 1.54) is 5.56 Å². The van der Waals surface area contributed by atoms with Crippen LogP contribution in [0.4, 0.5) is 5.69 Å². The number of methoxy groups -OCH3 is 1. The molecule has 0 aliphatic carbocycles. The normalized spacial score (nSPS) is 14.4. The smallest absolute Gasteiger partial charge is 0.228 e. The Labute approximate surface area is 147 Å². The van der Waals surface area contributed by atoms with E-state index in [-0.39, 0.29) is 12.3 Å². The van der Waals surface area contributed by atoms with Crippen LogP contribution in [-0.4, -0.2) is 19.6 Å². The van der Waals surface area contributed by atoms with E-state index in [1.54, 1.807) is 13.2 Å². The van der Waals surface area contributed by atoms with Gasteiger partial charge in [-0.15, -0.1) is 0 Å². The molecule has 2 aromatic carbocycles. The molecule has 1 amide bonds.